The molecular weight excluding hydrogens is 370 g/mol. The number of amides is 1. The highest BCUT2D eigenvalue weighted by atomic mass is 16.5. The Morgan fingerprint density at radius 2 is 1.79 bits per heavy atom. The van der Waals surface area contributed by atoms with Gasteiger partial charge in [0.25, 0.3) is 5.91 Å². The summed E-state index contributed by atoms with van der Waals surface area (Å²) in [5.41, 5.74) is 0.503. The molecule has 4 rings (SSSR count). The number of hydrogen-bond donors (Lipinski definition) is 0. The van der Waals surface area contributed by atoms with Crippen LogP contribution in [0.5, 0.6) is 5.88 Å². The Bertz CT molecular complexity index is 843. The number of carbonyl (C=O) groups excluding carboxylic acids is 1. The number of piperazine rings is 1. The van der Waals surface area contributed by atoms with Crippen molar-refractivity contribution in [2.45, 2.75) is 32.2 Å². The zero-order chi connectivity index (χ0) is 20.4. The molecule has 1 amide bonds. The molecule has 29 heavy (non-hydrogen) atoms. The van der Waals surface area contributed by atoms with Gasteiger partial charge in [0.05, 0.1) is 7.11 Å². The standard InChI is InChI=1S/C20H29N7O2/c1-15-6-4-5-9-27(15)18-8-7-17(21-22-18)25-10-12-26(13-11-25)20(28)16-14-24(2)23-19(16)29-3/h7-8,14-15H,4-6,9-13H2,1-3H3. The second-order valence-corrected chi connectivity index (χ2v) is 7.79. The number of ether oxygens (including phenoxy) is 1. The van der Waals surface area contributed by atoms with Gasteiger partial charge in [0.1, 0.15) is 5.56 Å². The van der Waals surface area contributed by atoms with Crippen LogP contribution in [0.1, 0.15) is 36.5 Å². The molecule has 2 aromatic heterocycles. The van der Waals surface area contributed by atoms with Crippen molar-refractivity contribution in [2.24, 2.45) is 7.05 Å². The summed E-state index contributed by atoms with van der Waals surface area (Å²) in [6.45, 7) is 6.01. The highest BCUT2D eigenvalue weighted by Gasteiger charge is 2.27. The van der Waals surface area contributed by atoms with Gasteiger partial charge in [0, 0.05) is 52.0 Å². The minimum absolute atomic E-state index is 0.0462. The Balaban J connectivity index is 1.37. The van der Waals surface area contributed by atoms with Crippen LogP contribution in [-0.2, 0) is 7.05 Å². The highest BCUT2D eigenvalue weighted by molar-refractivity contribution is 5.96. The molecule has 0 aromatic carbocycles. The second-order valence-electron chi connectivity index (χ2n) is 7.79. The van der Waals surface area contributed by atoms with Crippen LogP contribution in [-0.4, -0.2) is 76.7 Å². The molecule has 0 bridgehead atoms. The zero-order valence-corrected chi connectivity index (χ0v) is 17.4. The number of nitrogens with zero attached hydrogens (tertiary/aromatic N) is 7. The SMILES string of the molecule is COc1nn(C)cc1C(=O)N1CCN(c2ccc(N3CCCCC3C)nn2)CC1. The average molecular weight is 399 g/mol. The van der Waals surface area contributed by atoms with E-state index in [-0.39, 0.29) is 5.91 Å². The number of carbonyl (C=O) groups is 1. The minimum atomic E-state index is -0.0462. The van der Waals surface area contributed by atoms with Gasteiger partial charge in [0.15, 0.2) is 11.6 Å². The first kappa shape index (κ1) is 19.5. The fourth-order valence-electron chi connectivity index (χ4n) is 4.15. The first-order chi connectivity index (χ1) is 14.1. The van der Waals surface area contributed by atoms with Crippen LogP contribution in [0, 0.1) is 0 Å². The molecule has 0 radical (unpaired) electrons. The molecule has 2 aromatic rings. The summed E-state index contributed by atoms with van der Waals surface area (Å²) in [5, 5.41) is 13.1. The summed E-state index contributed by atoms with van der Waals surface area (Å²) >= 11 is 0. The number of hydrogen-bond acceptors (Lipinski definition) is 7. The van der Waals surface area contributed by atoms with E-state index in [1.165, 1.54) is 26.4 Å². The van der Waals surface area contributed by atoms with E-state index in [1.807, 2.05) is 11.0 Å². The monoisotopic (exact) mass is 399 g/mol. The molecule has 2 saturated heterocycles. The van der Waals surface area contributed by atoms with E-state index in [2.05, 4.69) is 38.1 Å². The van der Waals surface area contributed by atoms with Crippen LogP contribution in [0.2, 0.25) is 0 Å². The third kappa shape index (κ3) is 3.99. The molecule has 2 fully saturated rings. The summed E-state index contributed by atoms with van der Waals surface area (Å²) in [6, 6.07) is 4.64. The highest BCUT2D eigenvalue weighted by Crippen LogP contribution is 2.24. The van der Waals surface area contributed by atoms with Crippen molar-refractivity contribution in [1.29, 1.82) is 0 Å². The maximum absolute atomic E-state index is 12.8. The molecule has 9 heteroatoms. The van der Waals surface area contributed by atoms with E-state index < -0.39 is 0 Å². The smallest absolute Gasteiger partial charge is 0.261 e. The molecule has 2 aliphatic rings. The number of anilines is 2. The van der Waals surface area contributed by atoms with E-state index >= 15 is 0 Å². The van der Waals surface area contributed by atoms with E-state index in [9.17, 15) is 4.79 Å². The number of aromatic nitrogens is 4. The lowest BCUT2D eigenvalue weighted by atomic mass is 10.0. The molecule has 0 N–H and O–H groups in total. The average Bonchev–Trinajstić information content (AvgIpc) is 3.14. The summed E-state index contributed by atoms with van der Waals surface area (Å²) in [4.78, 5) is 19.2. The molecular formula is C20H29N7O2. The Morgan fingerprint density at radius 3 is 2.45 bits per heavy atom. The summed E-state index contributed by atoms with van der Waals surface area (Å²) in [6.07, 6.45) is 5.42. The van der Waals surface area contributed by atoms with E-state index in [0.717, 1.165) is 31.3 Å². The van der Waals surface area contributed by atoms with Crippen LogP contribution >= 0.6 is 0 Å². The lowest BCUT2D eigenvalue weighted by molar-refractivity contribution is 0.0743. The normalized spacial score (nSPS) is 20.1. The maximum Gasteiger partial charge on any atom is 0.261 e. The Kier molecular flexibility index (Phi) is 5.55. The fourth-order valence-corrected chi connectivity index (χ4v) is 4.15. The Labute approximate surface area is 171 Å². The zero-order valence-electron chi connectivity index (χ0n) is 17.4. The molecule has 0 saturated carbocycles. The van der Waals surface area contributed by atoms with Gasteiger partial charge in [-0.05, 0) is 38.3 Å². The van der Waals surface area contributed by atoms with Gasteiger partial charge in [-0.1, -0.05) is 0 Å². The molecule has 0 aliphatic carbocycles. The number of rotatable bonds is 4. The van der Waals surface area contributed by atoms with Gasteiger partial charge >= 0.3 is 0 Å². The predicted molar refractivity (Wildman–Crippen MR) is 111 cm³/mol. The van der Waals surface area contributed by atoms with Crippen LogP contribution in [0.15, 0.2) is 18.3 Å². The third-order valence-corrected chi connectivity index (χ3v) is 5.84. The van der Waals surface area contributed by atoms with Crippen molar-refractivity contribution in [3.8, 4) is 5.88 Å². The van der Waals surface area contributed by atoms with Crippen LogP contribution in [0.25, 0.3) is 0 Å². The van der Waals surface area contributed by atoms with Crippen LogP contribution in [0.4, 0.5) is 11.6 Å². The fraction of sp³-hybridized carbons (Fsp3) is 0.600. The molecule has 9 nitrogen and oxygen atoms in total. The van der Waals surface area contributed by atoms with E-state index in [1.54, 1.807) is 17.9 Å². The summed E-state index contributed by atoms with van der Waals surface area (Å²) < 4.78 is 6.83. The van der Waals surface area contributed by atoms with Gasteiger partial charge in [0.2, 0.25) is 5.88 Å². The van der Waals surface area contributed by atoms with Crippen molar-refractivity contribution >= 4 is 17.5 Å². The van der Waals surface area contributed by atoms with Crippen molar-refractivity contribution in [3.63, 3.8) is 0 Å². The Hall–Kier alpha value is -2.84. The van der Waals surface area contributed by atoms with Gasteiger partial charge in [-0.3, -0.25) is 9.48 Å². The first-order valence-corrected chi connectivity index (χ1v) is 10.3. The van der Waals surface area contributed by atoms with E-state index in [4.69, 9.17) is 4.74 Å². The van der Waals surface area contributed by atoms with E-state index in [0.29, 0.717) is 30.6 Å². The van der Waals surface area contributed by atoms with Crippen LogP contribution in [0.3, 0.4) is 0 Å². The number of aryl methyl sites for hydroxylation is 1. The molecule has 156 valence electrons. The maximum atomic E-state index is 12.8. The second kappa shape index (κ2) is 8.26. The third-order valence-electron chi connectivity index (χ3n) is 5.84. The number of piperidine rings is 1. The summed E-state index contributed by atoms with van der Waals surface area (Å²) in [7, 11) is 3.31. The predicted octanol–water partition coefficient (Wildman–Crippen LogP) is 1.56. The topological polar surface area (TPSA) is 79.6 Å². The molecule has 0 spiro atoms. The molecule has 1 unspecified atom stereocenters. The largest absolute Gasteiger partial charge is 0.479 e. The van der Waals surface area contributed by atoms with Crippen molar-refractivity contribution in [3.05, 3.63) is 23.9 Å². The van der Waals surface area contributed by atoms with Gasteiger partial charge < -0.3 is 19.4 Å². The van der Waals surface area contributed by atoms with Gasteiger partial charge in [-0.25, -0.2) is 0 Å². The van der Waals surface area contributed by atoms with Gasteiger partial charge in [-0.2, -0.15) is 0 Å². The summed E-state index contributed by atoms with van der Waals surface area (Å²) in [5.74, 6) is 2.14. The molecule has 2 aliphatic heterocycles. The quantitative estimate of drug-likeness (QED) is 0.772. The molecule has 4 heterocycles. The van der Waals surface area contributed by atoms with Crippen molar-refractivity contribution < 1.29 is 9.53 Å². The lowest BCUT2D eigenvalue weighted by Gasteiger charge is -2.36. The lowest BCUT2D eigenvalue weighted by Crippen LogP contribution is -2.49. The molecule has 1 atom stereocenters. The minimum Gasteiger partial charge on any atom is -0.479 e. The first-order valence-electron chi connectivity index (χ1n) is 10.3. The number of methoxy groups -OCH3 is 1. The van der Waals surface area contributed by atoms with Gasteiger partial charge in [-0.15, -0.1) is 15.3 Å². The Morgan fingerprint density at radius 1 is 1.07 bits per heavy atom. The van der Waals surface area contributed by atoms with Crippen molar-refractivity contribution in [2.75, 3.05) is 49.6 Å². The van der Waals surface area contributed by atoms with Crippen LogP contribution < -0.4 is 14.5 Å². The van der Waals surface area contributed by atoms with Crippen molar-refractivity contribution in [1.82, 2.24) is 24.9 Å².